The highest BCUT2D eigenvalue weighted by Gasteiger charge is 2.32. The number of Topliss-reactive ketones (excluding diaryl/α,β-unsaturated/α-hetero) is 1. The van der Waals surface area contributed by atoms with Gasteiger partial charge in [0, 0.05) is 13.0 Å². The van der Waals surface area contributed by atoms with Crippen molar-refractivity contribution in [3.8, 4) is 0 Å². The molecule has 0 aliphatic heterocycles. The van der Waals surface area contributed by atoms with Crippen LogP contribution in [0.4, 0.5) is 0 Å². The molecule has 17 heavy (non-hydrogen) atoms. The molecule has 1 amide bonds. The van der Waals surface area contributed by atoms with Gasteiger partial charge in [0.1, 0.15) is 5.78 Å². The van der Waals surface area contributed by atoms with Gasteiger partial charge in [0.15, 0.2) is 0 Å². The molecule has 0 heterocycles. The fourth-order valence-electron chi connectivity index (χ4n) is 1.62. The van der Waals surface area contributed by atoms with E-state index in [9.17, 15) is 14.7 Å². The maximum atomic E-state index is 12.0. The second-order valence-corrected chi connectivity index (χ2v) is 4.67. The van der Waals surface area contributed by atoms with Gasteiger partial charge >= 0.3 is 0 Å². The molecule has 0 spiro atoms. The van der Waals surface area contributed by atoms with Crippen LogP contribution in [0.25, 0.3) is 0 Å². The first-order valence-corrected chi connectivity index (χ1v) is 5.77. The number of nitrogens with zero attached hydrogens (tertiary/aromatic N) is 1. The molecule has 0 aromatic heterocycles. The van der Waals surface area contributed by atoms with Crippen molar-refractivity contribution >= 4 is 11.7 Å². The fraction of sp³-hybridized carbons (Fsp3) is 0.833. The number of aliphatic hydroxyl groups excluding tert-OH is 1. The molecule has 0 rings (SSSR count). The Morgan fingerprint density at radius 1 is 1.18 bits per heavy atom. The van der Waals surface area contributed by atoms with Gasteiger partial charge in [-0.05, 0) is 12.8 Å². The van der Waals surface area contributed by atoms with Gasteiger partial charge in [-0.25, -0.2) is 5.06 Å². The van der Waals surface area contributed by atoms with Gasteiger partial charge in [-0.1, -0.05) is 20.8 Å². The predicted molar refractivity (Wildman–Crippen MR) is 64.0 cm³/mol. The van der Waals surface area contributed by atoms with Crippen LogP contribution in [0.5, 0.6) is 0 Å². The summed E-state index contributed by atoms with van der Waals surface area (Å²) in [6.45, 7) is 6.84. The third-order valence-electron chi connectivity index (χ3n) is 3.03. The van der Waals surface area contributed by atoms with Crippen LogP contribution in [0.15, 0.2) is 0 Å². The highest BCUT2D eigenvalue weighted by atomic mass is 16.7. The molecule has 0 aromatic rings. The highest BCUT2D eigenvalue weighted by Crippen LogP contribution is 2.18. The largest absolute Gasteiger partial charge is 0.392 e. The molecule has 5 heteroatoms. The number of ketones is 1. The molecule has 0 radical (unpaired) electrons. The van der Waals surface area contributed by atoms with Gasteiger partial charge in [0.2, 0.25) is 0 Å². The van der Waals surface area contributed by atoms with Gasteiger partial charge in [-0.15, -0.1) is 0 Å². The molecule has 1 N–H and O–H groups in total. The van der Waals surface area contributed by atoms with Gasteiger partial charge in [0.05, 0.1) is 19.1 Å². The summed E-state index contributed by atoms with van der Waals surface area (Å²) in [5, 5.41) is 10.8. The SMILES string of the molecule is CON(C)C(=O)[C@@H](C)C(=O)[C@@H](C)[C@H](O)C(C)C. The minimum Gasteiger partial charge on any atom is -0.392 e. The first-order valence-electron chi connectivity index (χ1n) is 5.77. The molecule has 0 unspecified atom stereocenters. The zero-order valence-electron chi connectivity index (χ0n) is 11.4. The number of carbonyl (C=O) groups excluding carboxylic acids is 2. The Kier molecular flexibility index (Phi) is 6.34. The molecule has 0 saturated heterocycles. The van der Waals surface area contributed by atoms with E-state index in [1.54, 1.807) is 6.92 Å². The van der Waals surface area contributed by atoms with Crippen LogP contribution in [0.1, 0.15) is 27.7 Å². The van der Waals surface area contributed by atoms with Crippen molar-refractivity contribution in [3.63, 3.8) is 0 Å². The Labute approximate surface area is 103 Å². The summed E-state index contributed by atoms with van der Waals surface area (Å²) in [7, 11) is 2.82. The van der Waals surface area contributed by atoms with Crippen molar-refractivity contribution in [3.05, 3.63) is 0 Å². The van der Waals surface area contributed by atoms with Gasteiger partial charge in [-0.3, -0.25) is 14.4 Å². The summed E-state index contributed by atoms with van der Waals surface area (Å²) in [6.07, 6.45) is -0.731. The quantitative estimate of drug-likeness (QED) is 0.557. The first kappa shape index (κ1) is 16.1. The summed E-state index contributed by atoms with van der Waals surface area (Å²) >= 11 is 0. The zero-order chi connectivity index (χ0) is 13.7. The monoisotopic (exact) mass is 245 g/mol. The number of aliphatic hydroxyl groups is 1. The highest BCUT2D eigenvalue weighted by molar-refractivity contribution is 6.01. The second-order valence-electron chi connectivity index (χ2n) is 4.67. The molecule has 0 bridgehead atoms. The van der Waals surface area contributed by atoms with Crippen LogP contribution < -0.4 is 0 Å². The lowest BCUT2D eigenvalue weighted by atomic mass is 9.86. The molecule has 3 atom stereocenters. The Morgan fingerprint density at radius 2 is 1.65 bits per heavy atom. The van der Waals surface area contributed by atoms with Crippen molar-refractivity contribution in [2.24, 2.45) is 17.8 Å². The minimum atomic E-state index is -0.802. The molecule has 100 valence electrons. The van der Waals surface area contributed by atoms with Crippen LogP contribution in [-0.4, -0.2) is 42.1 Å². The van der Waals surface area contributed by atoms with Crippen LogP contribution in [0, 0.1) is 17.8 Å². The van der Waals surface area contributed by atoms with Gasteiger partial charge < -0.3 is 5.11 Å². The van der Waals surface area contributed by atoms with Crippen molar-refractivity contribution in [1.29, 1.82) is 0 Å². The third kappa shape index (κ3) is 4.09. The van der Waals surface area contributed by atoms with Crippen LogP contribution in [-0.2, 0) is 14.4 Å². The number of hydroxylamine groups is 2. The number of amides is 1. The van der Waals surface area contributed by atoms with E-state index >= 15 is 0 Å². The van der Waals surface area contributed by atoms with Gasteiger partial charge in [-0.2, -0.15) is 0 Å². The molecular formula is C12H23NO4. The Balaban J connectivity index is 4.65. The maximum absolute atomic E-state index is 12.0. The molecular weight excluding hydrogens is 222 g/mol. The number of hydrogen-bond acceptors (Lipinski definition) is 4. The Bertz CT molecular complexity index is 278. The number of hydrogen-bond donors (Lipinski definition) is 1. The first-order chi connectivity index (χ1) is 7.73. The van der Waals surface area contributed by atoms with Crippen molar-refractivity contribution in [2.45, 2.75) is 33.8 Å². The summed E-state index contributed by atoms with van der Waals surface area (Å²) in [4.78, 5) is 28.4. The molecule has 0 aliphatic carbocycles. The summed E-state index contributed by atoms with van der Waals surface area (Å²) in [5.74, 6) is -2.04. The topological polar surface area (TPSA) is 66.8 Å². The average Bonchev–Trinajstić information content (AvgIpc) is 2.32. The number of carbonyl (C=O) groups is 2. The van der Waals surface area contributed by atoms with Gasteiger partial charge in [0.25, 0.3) is 5.91 Å². The molecule has 0 aromatic carbocycles. The van der Waals surface area contributed by atoms with Crippen LogP contribution in [0.2, 0.25) is 0 Å². The van der Waals surface area contributed by atoms with Crippen molar-refractivity contribution in [1.82, 2.24) is 5.06 Å². The zero-order valence-corrected chi connectivity index (χ0v) is 11.4. The van der Waals surface area contributed by atoms with Crippen molar-refractivity contribution < 1.29 is 19.5 Å². The van der Waals surface area contributed by atoms with Crippen LogP contribution in [0.3, 0.4) is 0 Å². The second kappa shape index (κ2) is 6.71. The molecule has 0 aliphatic rings. The van der Waals surface area contributed by atoms with E-state index in [4.69, 9.17) is 4.84 Å². The van der Waals surface area contributed by atoms with Crippen LogP contribution >= 0.6 is 0 Å². The van der Waals surface area contributed by atoms with E-state index in [0.29, 0.717) is 0 Å². The third-order valence-corrected chi connectivity index (χ3v) is 3.03. The van der Waals surface area contributed by atoms with Crippen molar-refractivity contribution in [2.75, 3.05) is 14.2 Å². The molecule has 0 fully saturated rings. The van der Waals surface area contributed by atoms with E-state index in [-0.39, 0.29) is 11.7 Å². The Hall–Kier alpha value is -0.940. The van der Waals surface area contributed by atoms with E-state index in [2.05, 4.69) is 0 Å². The maximum Gasteiger partial charge on any atom is 0.256 e. The standard InChI is InChI=1S/C12H23NO4/c1-7(2)10(14)8(3)11(15)9(4)12(16)13(5)17-6/h7-10,14H,1-6H3/t8-,9-,10+/m0/s1. The smallest absolute Gasteiger partial charge is 0.256 e. The number of rotatable bonds is 6. The summed E-state index contributed by atoms with van der Waals surface area (Å²) < 4.78 is 0. The van der Waals surface area contributed by atoms with E-state index in [1.165, 1.54) is 21.1 Å². The molecule has 0 saturated carbocycles. The summed E-state index contributed by atoms with van der Waals surface area (Å²) in [5.41, 5.74) is 0. The molecule has 5 nitrogen and oxygen atoms in total. The summed E-state index contributed by atoms with van der Waals surface area (Å²) in [6, 6.07) is 0. The lowest BCUT2D eigenvalue weighted by Gasteiger charge is -2.25. The minimum absolute atomic E-state index is 0.0172. The lowest BCUT2D eigenvalue weighted by Crippen LogP contribution is -2.40. The normalized spacial score (nSPS) is 16.5. The van der Waals surface area contributed by atoms with E-state index in [0.717, 1.165) is 5.06 Å². The Morgan fingerprint density at radius 3 is 2.00 bits per heavy atom. The lowest BCUT2D eigenvalue weighted by molar-refractivity contribution is -0.174. The predicted octanol–water partition coefficient (Wildman–Crippen LogP) is 0.864. The fourth-order valence-corrected chi connectivity index (χ4v) is 1.62. The van der Waals surface area contributed by atoms with E-state index in [1.807, 2.05) is 13.8 Å². The van der Waals surface area contributed by atoms with E-state index < -0.39 is 23.8 Å². The average molecular weight is 245 g/mol.